The Morgan fingerprint density at radius 2 is 2.42 bits per heavy atom. The van der Waals surface area contributed by atoms with Crippen molar-refractivity contribution in [2.75, 3.05) is 30.4 Å². The van der Waals surface area contributed by atoms with Gasteiger partial charge in [0.15, 0.2) is 0 Å². The molecule has 2 heterocycles. The van der Waals surface area contributed by atoms with E-state index in [1.54, 1.807) is 0 Å². The van der Waals surface area contributed by atoms with Gasteiger partial charge in [0.2, 0.25) is 0 Å². The standard InChI is InChI=1S/C13H23AsN4O/c1-10(2)19-9-14-13-16-6-4-12(17-13)18-7-5-11(8-18)15-3/h4,6,10-11,14-15H,5,7-9H2,1-3H3. The van der Waals surface area contributed by atoms with E-state index in [2.05, 4.69) is 34.0 Å². The fourth-order valence-corrected chi connectivity index (χ4v) is 3.99. The average Bonchev–Trinajstić information content (AvgIpc) is 2.87. The molecule has 19 heavy (non-hydrogen) atoms. The summed E-state index contributed by atoms with van der Waals surface area (Å²) >= 11 is -0.379. The zero-order valence-electron chi connectivity index (χ0n) is 11.9. The van der Waals surface area contributed by atoms with Crippen LogP contribution in [0.2, 0.25) is 0 Å². The van der Waals surface area contributed by atoms with Crippen molar-refractivity contribution in [2.45, 2.75) is 32.4 Å². The van der Waals surface area contributed by atoms with Gasteiger partial charge in [-0.3, -0.25) is 0 Å². The minimum absolute atomic E-state index is 0.293. The van der Waals surface area contributed by atoms with E-state index >= 15 is 0 Å². The van der Waals surface area contributed by atoms with Crippen molar-refractivity contribution in [3.63, 3.8) is 0 Å². The molecule has 1 aliphatic rings. The molecule has 1 saturated heterocycles. The molecule has 0 aliphatic carbocycles. The van der Waals surface area contributed by atoms with Crippen LogP contribution in [0, 0.1) is 0 Å². The number of anilines is 1. The van der Waals surface area contributed by atoms with Crippen molar-refractivity contribution < 1.29 is 4.74 Å². The Bertz CT molecular complexity index is 402. The third kappa shape index (κ3) is 4.44. The van der Waals surface area contributed by atoms with Crippen molar-refractivity contribution in [1.82, 2.24) is 15.3 Å². The van der Waals surface area contributed by atoms with Crippen LogP contribution in [0.1, 0.15) is 20.3 Å². The topological polar surface area (TPSA) is 50.3 Å². The van der Waals surface area contributed by atoms with Gasteiger partial charge in [0.05, 0.1) is 0 Å². The fraction of sp³-hybridized carbons (Fsp3) is 0.692. The van der Waals surface area contributed by atoms with E-state index in [4.69, 9.17) is 4.74 Å². The van der Waals surface area contributed by atoms with E-state index in [1.165, 1.54) is 6.42 Å². The van der Waals surface area contributed by atoms with Crippen molar-refractivity contribution >= 4 is 26.2 Å². The molecule has 2 atom stereocenters. The van der Waals surface area contributed by atoms with Crippen molar-refractivity contribution in [1.29, 1.82) is 0 Å². The molecular formula is C13H23AsN4O. The summed E-state index contributed by atoms with van der Waals surface area (Å²) in [5, 5.41) is 4.13. The van der Waals surface area contributed by atoms with E-state index in [0.29, 0.717) is 12.1 Å². The third-order valence-corrected chi connectivity index (χ3v) is 5.03. The van der Waals surface area contributed by atoms with Crippen LogP contribution in [-0.2, 0) is 4.74 Å². The number of nitrogens with one attached hydrogen (secondary N) is 1. The van der Waals surface area contributed by atoms with Gasteiger partial charge in [-0.2, -0.15) is 0 Å². The molecule has 1 N–H and O–H groups in total. The van der Waals surface area contributed by atoms with Gasteiger partial charge in [0, 0.05) is 0 Å². The normalized spacial score (nSPS) is 20.0. The zero-order chi connectivity index (χ0) is 13.7. The van der Waals surface area contributed by atoms with E-state index in [1.807, 2.05) is 19.3 Å². The molecule has 0 aromatic carbocycles. The van der Waals surface area contributed by atoms with Crippen LogP contribution in [0.15, 0.2) is 12.3 Å². The second-order valence-electron chi connectivity index (χ2n) is 5.00. The summed E-state index contributed by atoms with van der Waals surface area (Å²) in [5.74, 6) is 1.07. The van der Waals surface area contributed by atoms with Gasteiger partial charge in [-0.05, 0) is 0 Å². The summed E-state index contributed by atoms with van der Waals surface area (Å²) < 4.78 is 6.59. The molecule has 5 nitrogen and oxygen atoms in total. The number of rotatable bonds is 6. The zero-order valence-corrected chi connectivity index (χ0v) is 14.0. The van der Waals surface area contributed by atoms with E-state index < -0.39 is 0 Å². The average molecular weight is 326 g/mol. The first kappa shape index (κ1) is 14.8. The predicted octanol–water partition coefficient (Wildman–Crippen LogP) is -0.281. The fourth-order valence-electron chi connectivity index (χ4n) is 2.09. The van der Waals surface area contributed by atoms with Crippen LogP contribution in [0.3, 0.4) is 0 Å². The number of hydrogen-bond donors (Lipinski definition) is 1. The Labute approximate surface area is 121 Å². The van der Waals surface area contributed by atoms with E-state index in [-0.39, 0.29) is 15.8 Å². The SMILES string of the molecule is CNC1CCN(c2ccnc([AsH]COC(C)C)n2)C1. The van der Waals surface area contributed by atoms with Gasteiger partial charge in [0.1, 0.15) is 0 Å². The first-order valence-electron chi connectivity index (χ1n) is 6.79. The molecule has 1 aliphatic heterocycles. The molecule has 1 fully saturated rings. The van der Waals surface area contributed by atoms with Gasteiger partial charge in [-0.25, -0.2) is 0 Å². The van der Waals surface area contributed by atoms with Crippen molar-refractivity contribution in [2.24, 2.45) is 0 Å². The number of nitrogens with zero attached hydrogens (tertiary/aromatic N) is 3. The number of likely N-dealkylation sites (N-methyl/N-ethyl adjacent to an activating group) is 1. The maximum absolute atomic E-state index is 5.60. The molecule has 0 radical (unpaired) electrons. The second kappa shape index (κ2) is 7.22. The van der Waals surface area contributed by atoms with Crippen LogP contribution in [-0.4, -0.2) is 63.4 Å². The number of hydrogen-bond acceptors (Lipinski definition) is 5. The van der Waals surface area contributed by atoms with Crippen molar-refractivity contribution in [3.05, 3.63) is 12.3 Å². The molecule has 1 aromatic rings. The first-order valence-corrected chi connectivity index (χ1v) is 9.33. The molecule has 2 rings (SSSR count). The third-order valence-electron chi connectivity index (χ3n) is 3.21. The van der Waals surface area contributed by atoms with Crippen LogP contribution in [0.5, 0.6) is 0 Å². The Morgan fingerprint density at radius 1 is 1.58 bits per heavy atom. The molecule has 1 aromatic heterocycles. The summed E-state index contributed by atoms with van der Waals surface area (Å²) in [4.78, 5) is 11.4. The van der Waals surface area contributed by atoms with Crippen LogP contribution in [0.25, 0.3) is 0 Å². The van der Waals surface area contributed by atoms with Gasteiger partial charge >= 0.3 is 121 Å². The summed E-state index contributed by atoms with van der Waals surface area (Å²) in [7, 11) is 2.02. The quantitative estimate of drug-likeness (QED) is 0.729. The van der Waals surface area contributed by atoms with Gasteiger partial charge in [-0.1, -0.05) is 0 Å². The summed E-state index contributed by atoms with van der Waals surface area (Å²) in [6.07, 6.45) is 3.35. The Kier molecular flexibility index (Phi) is 5.61. The van der Waals surface area contributed by atoms with Crippen LogP contribution >= 0.6 is 0 Å². The van der Waals surface area contributed by atoms with Crippen molar-refractivity contribution in [3.8, 4) is 0 Å². The van der Waals surface area contributed by atoms with E-state index in [9.17, 15) is 0 Å². The molecular weight excluding hydrogens is 303 g/mol. The van der Waals surface area contributed by atoms with E-state index in [0.717, 1.165) is 28.9 Å². The Morgan fingerprint density at radius 3 is 3.11 bits per heavy atom. The predicted molar refractivity (Wildman–Crippen MR) is 79.6 cm³/mol. The minimum atomic E-state index is -0.379. The summed E-state index contributed by atoms with van der Waals surface area (Å²) in [6, 6.07) is 2.59. The van der Waals surface area contributed by atoms with Crippen LogP contribution < -0.4 is 14.8 Å². The molecule has 0 saturated carbocycles. The van der Waals surface area contributed by atoms with Gasteiger partial charge < -0.3 is 0 Å². The Hall–Kier alpha value is -0.642. The Balaban J connectivity index is 1.92. The number of ether oxygens (including phenoxy) is 1. The second-order valence-corrected chi connectivity index (χ2v) is 7.28. The first-order chi connectivity index (χ1) is 9.19. The monoisotopic (exact) mass is 326 g/mol. The molecule has 0 bridgehead atoms. The van der Waals surface area contributed by atoms with Gasteiger partial charge in [0.25, 0.3) is 0 Å². The molecule has 2 unspecified atom stereocenters. The van der Waals surface area contributed by atoms with Crippen LogP contribution in [0.4, 0.5) is 5.82 Å². The molecule has 0 spiro atoms. The summed E-state index contributed by atoms with van der Waals surface area (Å²) in [5.41, 5.74) is 0. The molecule has 0 amide bonds. The maximum atomic E-state index is 5.60. The molecule has 106 valence electrons. The summed E-state index contributed by atoms with van der Waals surface area (Å²) in [6.45, 7) is 6.23. The molecule has 6 heteroatoms. The van der Waals surface area contributed by atoms with Gasteiger partial charge in [-0.15, -0.1) is 0 Å². The number of aromatic nitrogens is 2.